The number of carbonyl (C=O) groups excluding carboxylic acids is 1. The predicted octanol–water partition coefficient (Wildman–Crippen LogP) is 2.43. The highest BCUT2D eigenvalue weighted by Gasteiger charge is 2.13. The molecule has 0 saturated carbocycles. The zero-order valence-corrected chi connectivity index (χ0v) is 13.7. The van der Waals surface area contributed by atoms with Gasteiger partial charge in [-0.2, -0.15) is 0 Å². The first-order valence-corrected chi connectivity index (χ1v) is 8.62. The number of nitrogens with one attached hydrogen (secondary N) is 1. The van der Waals surface area contributed by atoms with Crippen molar-refractivity contribution in [2.24, 2.45) is 0 Å². The molecular formula is C16H16FNO5S. The third-order valence-corrected chi connectivity index (χ3v) is 4.24. The molecule has 0 spiro atoms. The van der Waals surface area contributed by atoms with Gasteiger partial charge in [0.15, 0.2) is 0 Å². The van der Waals surface area contributed by atoms with Crippen molar-refractivity contribution >= 4 is 21.7 Å². The van der Waals surface area contributed by atoms with E-state index in [0.717, 1.165) is 0 Å². The van der Waals surface area contributed by atoms with E-state index in [1.807, 2.05) is 0 Å². The fourth-order valence-corrected chi connectivity index (χ4v) is 2.75. The Kier molecular flexibility index (Phi) is 5.75. The van der Waals surface area contributed by atoms with E-state index in [4.69, 9.17) is 4.74 Å². The van der Waals surface area contributed by atoms with Gasteiger partial charge >= 0.3 is 5.97 Å². The summed E-state index contributed by atoms with van der Waals surface area (Å²) in [5, 5.41) is 0. The molecule has 0 bridgehead atoms. The van der Waals surface area contributed by atoms with E-state index in [1.54, 1.807) is 6.07 Å². The first kappa shape index (κ1) is 17.7. The normalized spacial score (nSPS) is 10.9. The van der Waals surface area contributed by atoms with Crippen LogP contribution in [0, 0.1) is 5.82 Å². The second kappa shape index (κ2) is 7.78. The van der Waals surface area contributed by atoms with Crippen LogP contribution in [0.25, 0.3) is 0 Å². The molecule has 0 fully saturated rings. The monoisotopic (exact) mass is 353 g/mol. The van der Waals surface area contributed by atoms with Gasteiger partial charge in [-0.1, -0.05) is 6.07 Å². The molecule has 0 aliphatic heterocycles. The summed E-state index contributed by atoms with van der Waals surface area (Å²) >= 11 is 0. The number of hydrogen-bond acceptors (Lipinski definition) is 5. The standard InChI is InChI=1S/C16H16FNO5S/c1-22-16(19)12-3-2-4-14(11-12)18-24(20,21)10-9-23-15-7-5-13(17)6-8-15/h2-8,11,18H,9-10H2,1H3. The number of anilines is 1. The predicted molar refractivity (Wildman–Crippen MR) is 87.1 cm³/mol. The van der Waals surface area contributed by atoms with E-state index in [2.05, 4.69) is 9.46 Å². The van der Waals surface area contributed by atoms with E-state index in [-0.39, 0.29) is 23.6 Å². The molecule has 0 heterocycles. The number of methoxy groups -OCH3 is 1. The number of halogens is 1. The van der Waals surface area contributed by atoms with Gasteiger partial charge in [-0.05, 0) is 42.5 Å². The molecule has 6 nitrogen and oxygen atoms in total. The molecule has 2 aromatic rings. The van der Waals surface area contributed by atoms with Gasteiger partial charge in [0.1, 0.15) is 23.9 Å². The summed E-state index contributed by atoms with van der Waals surface area (Å²) in [5.41, 5.74) is 0.486. The highest BCUT2D eigenvalue weighted by atomic mass is 32.2. The molecule has 2 aromatic carbocycles. The quantitative estimate of drug-likeness (QED) is 0.773. The van der Waals surface area contributed by atoms with Crippen LogP contribution in [0.15, 0.2) is 48.5 Å². The van der Waals surface area contributed by atoms with Gasteiger partial charge in [0.05, 0.1) is 12.7 Å². The molecule has 1 N–H and O–H groups in total. The van der Waals surface area contributed by atoms with Gasteiger partial charge < -0.3 is 9.47 Å². The van der Waals surface area contributed by atoms with Gasteiger partial charge in [-0.3, -0.25) is 4.72 Å². The lowest BCUT2D eigenvalue weighted by atomic mass is 10.2. The van der Waals surface area contributed by atoms with Gasteiger partial charge in [-0.25, -0.2) is 17.6 Å². The first-order valence-electron chi connectivity index (χ1n) is 6.97. The van der Waals surface area contributed by atoms with Gasteiger partial charge in [0.25, 0.3) is 0 Å². The van der Waals surface area contributed by atoms with Crippen molar-refractivity contribution in [3.05, 3.63) is 59.9 Å². The maximum absolute atomic E-state index is 12.8. The number of sulfonamides is 1. The lowest BCUT2D eigenvalue weighted by Crippen LogP contribution is -2.21. The Labute approximate surface area is 139 Å². The van der Waals surface area contributed by atoms with Crippen LogP contribution in [0.3, 0.4) is 0 Å². The molecule has 8 heteroatoms. The summed E-state index contributed by atoms with van der Waals surface area (Å²) in [6, 6.07) is 11.2. The summed E-state index contributed by atoms with van der Waals surface area (Å²) in [5.74, 6) is -0.885. The second-order valence-corrected chi connectivity index (χ2v) is 6.64. The molecule has 0 aliphatic rings. The first-order chi connectivity index (χ1) is 11.4. The van der Waals surface area contributed by atoms with Gasteiger partial charge in [0, 0.05) is 5.69 Å². The van der Waals surface area contributed by atoms with Crippen LogP contribution in [0.2, 0.25) is 0 Å². The third-order valence-electron chi connectivity index (χ3n) is 2.99. The number of esters is 1. The molecule has 0 amide bonds. The Bertz CT molecular complexity index is 805. The maximum atomic E-state index is 12.8. The van der Waals surface area contributed by atoms with Crippen LogP contribution in [0.1, 0.15) is 10.4 Å². The molecule has 0 saturated heterocycles. The van der Waals surface area contributed by atoms with E-state index >= 15 is 0 Å². The third kappa shape index (κ3) is 5.24. The van der Waals surface area contributed by atoms with E-state index in [1.165, 1.54) is 49.6 Å². The molecule has 0 unspecified atom stereocenters. The van der Waals surface area contributed by atoms with Crippen LogP contribution in [-0.2, 0) is 14.8 Å². The molecule has 2 rings (SSSR count). The number of carbonyl (C=O) groups is 1. The van der Waals surface area contributed by atoms with Crippen molar-refractivity contribution in [2.45, 2.75) is 0 Å². The van der Waals surface area contributed by atoms with Gasteiger partial charge in [-0.15, -0.1) is 0 Å². The topological polar surface area (TPSA) is 81.7 Å². The Morgan fingerprint density at radius 2 is 1.88 bits per heavy atom. The zero-order chi connectivity index (χ0) is 17.6. The SMILES string of the molecule is COC(=O)c1cccc(NS(=O)(=O)CCOc2ccc(F)cc2)c1. The van der Waals surface area contributed by atoms with Crippen molar-refractivity contribution in [2.75, 3.05) is 24.2 Å². The molecular weight excluding hydrogens is 337 g/mol. The Morgan fingerprint density at radius 3 is 2.54 bits per heavy atom. The fraction of sp³-hybridized carbons (Fsp3) is 0.188. The molecule has 0 aliphatic carbocycles. The van der Waals surface area contributed by atoms with Crippen LogP contribution in [0.4, 0.5) is 10.1 Å². The van der Waals surface area contributed by atoms with Crippen molar-refractivity contribution in [3.63, 3.8) is 0 Å². The van der Waals surface area contributed by atoms with Crippen LogP contribution in [-0.4, -0.2) is 33.9 Å². The summed E-state index contributed by atoms with van der Waals surface area (Å²) in [6.45, 7) is -0.0995. The Hall–Kier alpha value is -2.61. The van der Waals surface area contributed by atoms with Crippen molar-refractivity contribution in [1.82, 2.24) is 0 Å². The maximum Gasteiger partial charge on any atom is 0.337 e. The molecule has 0 aromatic heterocycles. The zero-order valence-electron chi connectivity index (χ0n) is 12.9. The number of benzene rings is 2. The van der Waals surface area contributed by atoms with E-state index < -0.39 is 21.8 Å². The van der Waals surface area contributed by atoms with Crippen LogP contribution >= 0.6 is 0 Å². The summed E-state index contributed by atoms with van der Waals surface area (Å²) in [7, 11) is -2.42. The minimum absolute atomic E-state index is 0.0995. The smallest absolute Gasteiger partial charge is 0.337 e. The number of hydrogen-bond donors (Lipinski definition) is 1. The largest absolute Gasteiger partial charge is 0.492 e. The molecule has 128 valence electrons. The number of rotatable bonds is 7. The lowest BCUT2D eigenvalue weighted by molar-refractivity contribution is 0.0600. The van der Waals surface area contributed by atoms with Crippen LogP contribution < -0.4 is 9.46 Å². The number of ether oxygens (including phenoxy) is 2. The minimum Gasteiger partial charge on any atom is -0.492 e. The lowest BCUT2D eigenvalue weighted by Gasteiger charge is -2.10. The molecule has 24 heavy (non-hydrogen) atoms. The summed E-state index contributed by atoms with van der Waals surface area (Å²) in [6.07, 6.45) is 0. The van der Waals surface area contributed by atoms with E-state index in [9.17, 15) is 17.6 Å². The van der Waals surface area contributed by atoms with Crippen LogP contribution in [0.5, 0.6) is 5.75 Å². The average molecular weight is 353 g/mol. The molecule has 0 radical (unpaired) electrons. The Morgan fingerprint density at radius 1 is 1.17 bits per heavy atom. The molecule has 0 atom stereocenters. The highest BCUT2D eigenvalue weighted by Crippen LogP contribution is 2.14. The summed E-state index contributed by atoms with van der Waals surface area (Å²) in [4.78, 5) is 11.4. The fourth-order valence-electron chi connectivity index (χ4n) is 1.86. The van der Waals surface area contributed by atoms with E-state index in [0.29, 0.717) is 5.75 Å². The minimum atomic E-state index is -3.66. The second-order valence-electron chi connectivity index (χ2n) is 4.80. The van der Waals surface area contributed by atoms with Crippen molar-refractivity contribution in [1.29, 1.82) is 0 Å². The summed E-state index contributed by atoms with van der Waals surface area (Å²) < 4.78 is 49.0. The van der Waals surface area contributed by atoms with Gasteiger partial charge in [0.2, 0.25) is 10.0 Å². The Balaban J connectivity index is 1.93. The van der Waals surface area contributed by atoms with Crippen molar-refractivity contribution < 1.29 is 27.1 Å². The van der Waals surface area contributed by atoms with Crippen molar-refractivity contribution in [3.8, 4) is 5.75 Å². The highest BCUT2D eigenvalue weighted by molar-refractivity contribution is 7.92. The average Bonchev–Trinajstić information content (AvgIpc) is 2.55.